The van der Waals surface area contributed by atoms with Crippen LogP contribution in [0.15, 0.2) is 36.4 Å². The van der Waals surface area contributed by atoms with E-state index >= 15 is 0 Å². The lowest BCUT2D eigenvalue weighted by Crippen LogP contribution is -1.99. The van der Waals surface area contributed by atoms with E-state index in [0.717, 1.165) is 12.1 Å². The van der Waals surface area contributed by atoms with Crippen LogP contribution >= 0.6 is 0 Å². The van der Waals surface area contributed by atoms with Gasteiger partial charge in [-0.15, -0.1) is 0 Å². The third-order valence-electron chi connectivity index (χ3n) is 2.99. The van der Waals surface area contributed by atoms with Crippen molar-refractivity contribution in [2.75, 3.05) is 7.11 Å². The standard InChI is InChI=1S/C16H14O6/c1-22-15-8-9(17)7-14(21)16(15)13(20)6-5-10-11(18)3-2-4-12(10)19/h2-8,17-19,21H,1H3/b6-5+. The van der Waals surface area contributed by atoms with Crippen LogP contribution < -0.4 is 4.74 Å². The normalized spacial score (nSPS) is 10.8. The number of rotatable bonds is 4. The van der Waals surface area contributed by atoms with Gasteiger partial charge in [0.05, 0.1) is 12.7 Å². The van der Waals surface area contributed by atoms with Gasteiger partial charge in [0.2, 0.25) is 0 Å². The fourth-order valence-electron chi connectivity index (χ4n) is 1.95. The quantitative estimate of drug-likeness (QED) is 0.510. The number of benzene rings is 2. The number of allylic oxidation sites excluding steroid dienone is 1. The molecule has 22 heavy (non-hydrogen) atoms. The van der Waals surface area contributed by atoms with Gasteiger partial charge in [-0.1, -0.05) is 6.07 Å². The molecule has 2 aromatic carbocycles. The highest BCUT2D eigenvalue weighted by molar-refractivity contribution is 6.10. The van der Waals surface area contributed by atoms with E-state index in [4.69, 9.17) is 4.74 Å². The number of phenols is 4. The Hall–Kier alpha value is -3.15. The topological polar surface area (TPSA) is 107 Å². The first-order valence-corrected chi connectivity index (χ1v) is 6.27. The molecule has 0 saturated carbocycles. The second kappa shape index (κ2) is 6.09. The second-order valence-electron chi connectivity index (χ2n) is 4.45. The molecule has 0 amide bonds. The van der Waals surface area contributed by atoms with Crippen LogP contribution in [0.4, 0.5) is 0 Å². The highest BCUT2D eigenvalue weighted by atomic mass is 16.5. The van der Waals surface area contributed by atoms with Gasteiger partial charge in [-0.2, -0.15) is 0 Å². The number of carbonyl (C=O) groups excluding carboxylic acids is 1. The highest BCUT2D eigenvalue weighted by Crippen LogP contribution is 2.34. The van der Waals surface area contributed by atoms with E-state index < -0.39 is 11.5 Å². The van der Waals surface area contributed by atoms with Crippen LogP contribution in [0.25, 0.3) is 6.08 Å². The molecule has 0 aliphatic heterocycles. The summed E-state index contributed by atoms with van der Waals surface area (Å²) < 4.78 is 4.95. The molecule has 6 heteroatoms. The van der Waals surface area contributed by atoms with Crippen LogP contribution in [-0.2, 0) is 0 Å². The Morgan fingerprint density at radius 1 is 1.05 bits per heavy atom. The zero-order chi connectivity index (χ0) is 16.3. The molecule has 0 fully saturated rings. The summed E-state index contributed by atoms with van der Waals surface area (Å²) in [5, 5.41) is 38.4. The van der Waals surface area contributed by atoms with E-state index in [2.05, 4.69) is 0 Å². The van der Waals surface area contributed by atoms with Crippen LogP contribution in [0.1, 0.15) is 15.9 Å². The van der Waals surface area contributed by atoms with Gasteiger partial charge in [-0.05, 0) is 24.3 Å². The van der Waals surface area contributed by atoms with Crippen molar-refractivity contribution in [3.63, 3.8) is 0 Å². The molecule has 114 valence electrons. The highest BCUT2D eigenvalue weighted by Gasteiger charge is 2.17. The molecule has 0 saturated heterocycles. The van der Waals surface area contributed by atoms with Gasteiger partial charge in [0.15, 0.2) is 5.78 Å². The van der Waals surface area contributed by atoms with Crippen molar-refractivity contribution in [2.24, 2.45) is 0 Å². The van der Waals surface area contributed by atoms with E-state index in [1.54, 1.807) is 0 Å². The molecule has 0 bridgehead atoms. The summed E-state index contributed by atoms with van der Waals surface area (Å²) in [5.74, 6) is -1.66. The van der Waals surface area contributed by atoms with Crippen LogP contribution in [0.3, 0.4) is 0 Å². The first kappa shape index (κ1) is 15.2. The van der Waals surface area contributed by atoms with E-state index in [1.807, 2.05) is 0 Å². The molecule has 0 atom stereocenters. The van der Waals surface area contributed by atoms with Crippen molar-refractivity contribution < 1.29 is 30.0 Å². The second-order valence-corrected chi connectivity index (χ2v) is 4.45. The lowest BCUT2D eigenvalue weighted by atomic mass is 10.1. The maximum absolute atomic E-state index is 12.2. The van der Waals surface area contributed by atoms with Crippen LogP contribution in [0.5, 0.6) is 28.7 Å². The minimum atomic E-state index is -0.614. The summed E-state index contributed by atoms with van der Waals surface area (Å²) >= 11 is 0. The largest absolute Gasteiger partial charge is 0.508 e. The van der Waals surface area contributed by atoms with Crippen molar-refractivity contribution in [1.29, 1.82) is 0 Å². The first-order valence-electron chi connectivity index (χ1n) is 6.27. The van der Waals surface area contributed by atoms with E-state index in [-0.39, 0.29) is 34.1 Å². The Kier molecular flexibility index (Phi) is 4.22. The summed E-state index contributed by atoms with van der Waals surface area (Å²) in [6.45, 7) is 0. The van der Waals surface area contributed by atoms with Gasteiger partial charge in [0.1, 0.15) is 34.3 Å². The summed E-state index contributed by atoms with van der Waals surface area (Å²) in [6.07, 6.45) is 2.29. The van der Waals surface area contributed by atoms with Crippen molar-refractivity contribution in [1.82, 2.24) is 0 Å². The fraction of sp³-hybridized carbons (Fsp3) is 0.0625. The van der Waals surface area contributed by atoms with Crippen molar-refractivity contribution in [2.45, 2.75) is 0 Å². The molecular weight excluding hydrogens is 288 g/mol. The predicted octanol–water partition coefficient (Wildman–Crippen LogP) is 2.41. The third kappa shape index (κ3) is 2.95. The van der Waals surface area contributed by atoms with E-state index in [9.17, 15) is 25.2 Å². The Bertz CT molecular complexity index is 728. The monoisotopic (exact) mass is 302 g/mol. The molecule has 0 aliphatic carbocycles. The molecule has 0 aliphatic rings. The van der Waals surface area contributed by atoms with E-state index in [1.165, 1.54) is 37.5 Å². The molecule has 0 aromatic heterocycles. The number of carbonyl (C=O) groups is 1. The Morgan fingerprint density at radius 3 is 2.27 bits per heavy atom. The lowest BCUT2D eigenvalue weighted by molar-refractivity contribution is 0.104. The Morgan fingerprint density at radius 2 is 1.68 bits per heavy atom. The SMILES string of the molecule is COc1cc(O)cc(O)c1C(=O)/C=C/c1c(O)cccc1O. The number of hydrogen-bond donors (Lipinski definition) is 4. The minimum absolute atomic E-state index is 0.00801. The van der Waals surface area contributed by atoms with Crippen molar-refractivity contribution in [3.8, 4) is 28.7 Å². The van der Waals surface area contributed by atoms with Crippen LogP contribution in [-0.4, -0.2) is 33.3 Å². The molecule has 0 heterocycles. The predicted molar refractivity (Wildman–Crippen MR) is 79.5 cm³/mol. The third-order valence-corrected chi connectivity index (χ3v) is 2.99. The summed E-state index contributed by atoms with van der Waals surface area (Å²) in [4.78, 5) is 12.2. The summed E-state index contributed by atoms with van der Waals surface area (Å²) in [5.41, 5.74) is -0.0560. The average molecular weight is 302 g/mol. The van der Waals surface area contributed by atoms with Gasteiger partial charge < -0.3 is 25.2 Å². The average Bonchev–Trinajstić information content (AvgIpc) is 2.45. The molecule has 2 rings (SSSR count). The van der Waals surface area contributed by atoms with Gasteiger partial charge in [0.25, 0.3) is 0 Å². The number of ketones is 1. The molecule has 2 aromatic rings. The van der Waals surface area contributed by atoms with E-state index in [0.29, 0.717) is 0 Å². The summed E-state index contributed by atoms with van der Waals surface area (Å²) in [6, 6.07) is 6.39. The van der Waals surface area contributed by atoms with Crippen molar-refractivity contribution in [3.05, 3.63) is 47.5 Å². The van der Waals surface area contributed by atoms with Gasteiger partial charge in [0, 0.05) is 12.1 Å². The summed E-state index contributed by atoms with van der Waals surface area (Å²) in [7, 11) is 1.30. The number of methoxy groups -OCH3 is 1. The molecule has 0 radical (unpaired) electrons. The maximum Gasteiger partial charge on any atom is 0.193 e. The van der Waals surface area contributed by atoms with Gasteiger partial charge >= 0.3 is 0 Å². The van der Waals surface area contributed by atoms with Gasteiger partial charge in [-0.3, -0.25) is 4.79 Å². The minimum Gasteiger partial charge on any atom is -0.508 e. The van der Waals surface area contributed by atoms with Crippen LogP contribution in [0.2, 0.25) is 0 Å². The number of ether oxygens (including phenoxy) is 1. The molecular formula is C16H14O6. The first-order chi connectivity index (χ1) is 10.4. The molecule has 0 unspecified atom stereocenters. The van der Waals surface area contributed by atoms with Gasteiger partial charge in [-0.25, -0.2) is 0 Å². The molecule has 0 spiro atoms. The lowest BCUT2D eigenvalue weighted by Gasteiger charge is -2.08. The van der Waals surface area contributed by atoms with Crippen molar-refractivity contribution >= 4 is 11.9 Å². The van der Waals surface area contributed by atoms with Crippen LogP contribution in [0, 0.1) is 0 Å². The smallest absolute Gasteiger partial charge is 0.193 e. The zero-order valence-electron chi connectivity index (χ0n) is 11.6. The Balaban J connectivity index is 2.40. The number of hydrogen-bond acceptors (Lipinski definition) is 6. The Labute approximate surface area is 126 Å². The fourth-order valence-corrected chi connectivity index (χ4v) is 1.95. The number of aromatic hydroxyl groups is 4. The number of phenolic OH excluding ortho intramolecular Hbond substituents is 4. The molecule has 6 nitrogen and oxygen atoms in total. The molecule has 4 N–H and O–H groups in total. The maximum atomic E-state index is 12.2. The zero-order valence-corrected chi connectivity index (χ0v) is 11.6.